The number of hydroxylamine groups is 1. The molecular weight excluding hydrogens is 1570 g/mol. The van der Waals surface area contributed by atoms with E-state index >= 15 is 0 Å². The standard InChI is InChI=1S/C80H101N25O16/c1-97(2)32-16-28-81-65(106)25-31-85-74(114)58-35-52(42-99(58)4)89-77(117)61-37-54(44-101(61)6)91-78(118)62-36-53(43-103(62)8)90-75(115)59-33-50(40-100(59)5)87-68(109)19-15-27-83-73(113)57-34-51(41-98(57)3)88-76(116)60-38-55(45-102(60)7)92-79(119)63-39-56(46-104(63)9)93-80(120)71-95-64(47-105(71)10)94-69(110)26-29-82-66(107)24-30-84-72(112)48-20-22-49(23-21-48)86-67(108)17-13-11-12-14-18-70(111)96-121/h20-23,33-47,121H,11-19,24-32H2,1-10H3,(H,81,106)(H,82,107)(H,83,113)(H,84,112)(H,85,114)(H,86,108)(H,87,109)(H,88,116)(H,89,117)(H,90,115)(H,91,118)(H,92,119)(H,93,120)(H,94,110)(H,96,111). The van der Waals surface area contributed by atoms with Gasteiger partial charge in [0.25, 0.3) is 53.2 Å². The molecule has 0 fully saturated rings. The average molecular weight is 1670 g/mol. The lowest BCUT2D eigenvalue weighted by atomic mass is 10.1. The highest BCUT2D eigenvalue weighted by molar-refractivity contribution is 6.11. The smallest absolute Gasteiger partial charge is 0.291 e. The van der Waals surface area contributed by atoms with Crippen molar-refractivity contribution in [3.05, 3.63) is 168 Å². The second-order valence-electron chi connectivity index (χ2n) is 29.0. The minimum absolute atomic E-state index is 0.000289. The third-order valence-corrected chi connectivity index (χ3v) is 18.9. The van der Waals surface area contributed by atoms with E-state index in [9.17, 15) is 71.9 Å². The van der Waals surface area contributed by atoms with Crippen LogP contribution in [-0.4, -0.2) is 194 Å². The van der Waals surface area contributed by atoms with E-state index in [-0.39, 0.29) is 157 Å². The van der Waals surface area contributed by atoms with Gasteiger partial charge in [0, 0.05) is 188 Å². The summed E-state index contributed by atoms with van der Waals surface area (Å²) >= 11 is 0. The number of imidazole rings is 1. The van der Waals surface area contributed by atoms with Crippen molar-refractivity contribution >= 4 is 140 Å². The first-order valence-electron chi connectivity index (χ1n) is 38.7. The fraction of sp³-hybridized carbons (Fsp3) is 0.350. The third kappa shape index (κ3) is 26.4. The van der Waals surface area contributed by atoms with Crippen molar-refractivity contribution in [2.75, 3.05) is 101 Å². The quantitative estimate of drug-likeness (QED) is 0.0140. The molecule has 41 nitrogen and oxygen atoms in total. The Morgan fingerprint density at radius 1 is 0.289 bits per heavy atom. The first kappa shape index (κ1) is 90.3. The molecule has 0 radical (unpaired) electrons. The van der Waals surface area contributed by atoms with Gasteiger partial charge in [-0.25, -0.2) is 10.5 Å². The molecule has 8 heterocycles. The third-order valence-electron chi connectivity index (χ3n) is 18.9. The van der Waals surface area contributed by atoms with Gasteiger partial charge in [-0.05, 0) is 113 Å². The van der Waals surface area contributed by atoms with Crippen LogP contribution < -0.4 is 79.9 Å². The molecule has 121 heavy (non-hydrogen) atoms. The van der Waals surface area contributed by atoms with Crippen LogP contribution in [-0.2, 0) is 85.1 Å². The maximum atomic E-state index is 13.6. The van der Waals surface area contributed by atoms with Crippen LogP contribution in [0.4, 0.5) is 51.3 Å². The van der Waals surface area contributed by atoms with Crippen molar-refractivity contribution in [2.45, 2.75) is 77.0 Å². The van der Waals surface area contributed by atoms with Crippen LogP contribution >= 0.6 is 0 Å². The number of nitrogens with zero attached hydrogens (tertiary/aromatic N) is 10. The summed E-state index contributed by atoms with van der Waals surface area (Å²) in [4.78, 5) is 201. The van der Waals surface area contributed by atoms with E-state index in [0.29, 0.717) is 53.4 Å². The van der Waals surface area contributed by atoms with Crippen LogP contribution in [0.5, 0.6) is 0 Å². The van der Waals surface area contributed by atoms with Crippen LogP contribution in [0.25, 0.3) is 0 Å². The molecule has 0 atom stereocenters. The normalized spacial score (nSPS) is 10.9. The van der Waals surface area contributed by atoms with Gasteiger partial charge in [0.15, 0.2) is 5.82 Å². The van der Waals surface area contributed by atoms with Crippen LogP contribution in [0.1, 0.15) is 171 Å². The van der Waals surface area contributed by atoms with Crippen LogP contribution in [0, 0.1) is 0 Å². The van der Waals surface area contributed by atoms with E-state index in [2.05, 4.69) is 79.4 Å². The number of carbonyl (C=O) groups excluding carboxylic acids is 15. The number of hydrogen-bond donors (Lipinski definition) is 16. The summed E-state index contributed by atoms with van der Waals surface area (Å²) in [6, 6.07) is 16.6. The zero-order chi connectivity index (χ0) is 87.7. The van der Waals surface area contributed by atoms with Gasteiger partial charge in [-0.3, -0.25) is 77.1 Å². The second kappa shape index (κ2) is 42.5. The minimum Gasteiger partial charge on any atom is -0.356 e. The highest BCUT2D eigenvalue weighted by Gasteiger charge is 2.25. The molecule has 0 spiro atoms. The molecule has 1 aromatic carbocycles. The lowest BCUT2D eigenvalue weighted by molar-refractivity contribution is -0.129. The van der Waals surface area contributed by atoms with Gasteiger partial charge in [0.2, 0.25) is 41.3 Å². The number of benzene rings is 1. The predicted molar refractivity (Wildman–Crippen MR) is 448 cm³/mol. The Morgan fingerprint density at radius 2 is 0.595 bits per heavy atom. The summed E-state index contributed by atoms with van der Waals surface area (Å²) in [5.74, 6) is -6.91. The monoisotopic (exact) mass is 1670 g/mol. The van der Waals surface area contributed by atoms with E-state index in [1.54, 1.807) is 110 Å². The number of hydrogen-bond acceptors (Lipinski definition) is 18. The molecule has 0 bridgehead atoms. The van der Waals surface area contributed by atoms with Gasteiger partial charge in [0.05, 0.1) is 39.8 Å². The number of unbranched alkanes of at least 4 members (excludes halogenated alkanes) is 3. The Labute approximate surface area is 694 Å². The Balaban J connectivity index is 0.642. The number of carbonyl (C=O) groups is 15. The maximum Gasteiger partial charge on any atom is 0.291 e. The lowest BCUT2D eigenvalue weighted by Crippen LogP contribution is -2.32. The summed E-state index contributed by atoms with van der Waals surface area (Å²) in [5, 5.41) is 46.9. The Kier molecular flexibility index (Phi) is 31.7. The summed E-state index contributed by atoms with van der Waals surface area (Å²) in [7, 11) is 16.8. The van der Waals surface area contributed by atoms with E-state index in [1.807, 2.05) is 19.0 Å². The van der Waals surface area contributed by atoms with Gasteiger partial charge in [-0.2, -0.15) is 0 Å². The van der Waals surface area contributed by atoms with Crippen LogP contribution in [0.15, 0.2) is 116 Å². The van der Waals surface area contributed by atoms with Gasteiger partial charge in [-0.1, -0.05) is 12.8 Å². The molecule has 642 valence electrons. The number of aryl methyl sites for hydroxylation is 8. The second-order valence-corrected chi connectivity index (χ2v) is 29.0. The van der Waals surface area contributed by atoms with E-state index < -0.39 is 70.9 Å². The molecule has 0 aliphatic rings. The summed E-state index contributed by atoms with van der Waals surface area (Å²) in [6.45, 7) is 1.57. The summed E-state index contributed by atoms with van der Waals surface area (Å²) in [5.41, 5.74) is 5.75. The van der Waals surface area contributed by atoms with Crippen molar-refractivity contribution in [3.63, 3.8) is 0 Å². The molecule has 0 aliphatic heterocycles. The molecular formula is C80H101N25O16. The number of amides is 15. The zero-order valence-corrected chi connectivity index (χ0v) is 68.7. The van der Waals surface area contributed by atoms with Crippen molar-refractivity contribution in [3.8, 4) is 0 Å². The Morgan fingerprint density at radius 3 is 0.992 bits per heavy atom. The first-order valence-corrected chi connectivity index (χ1v) is 38.7. The Bertz CT molecular complexity index is 5350. The van der Waals surface area contributed by atoms with Crippen LogP contribution in [0.2, 0.25) is 0 Å². The fourth-order valence-electron chi connectivity index (χ4n) is 12.7. The largest absolute Gasteiger partial charge is 0.356 e. The molecule has 0 saturated carbocycles. The first-order chi connectivity index (χ1) is 57.7. The zero-order valence-electron chi connectivity index (χ0n) is 68.7. The highest BCUT2D eigenvalue weighted by Crippen LogP contribution is 2.25. The predicted octanol–water partition coefficient (Wildman–Crippen LogP) is 4.69. The molecule has 0 aliphatic carbocycles. The number of anilines is 9. The molecule has 9 aromatic rings. The SMILES string of the molecule is CN(C)CCCNC(=O)CCNC(=O)c1cc(NC(=O)c2cc(NC(=O)c3cc(NC(=O)c4cc(NC(=O)CCCNC(=O)c5cc(NC(=O)c6cc(NC(=O)c7cc(NC(=O)c8nc(NC(=O)CCNC(=O)CCNC(=O)c9ccc(NC(=O)CCCCCCC(=O)NO)cc9)cn8C)cn7C)cn6C)cn5C)cn4C)cn3C)cn2C)cn1C. The van der Waals surface area contributed by atoms with E-state index in [1.165, 1.54) is 105 Å². The van der Waals surface area contributed by atoms with Crippen molar-refractivity contribution < 1.29 is 77.1 Å². The maximum absolute atomic E-state index is 13.6. The van der Waals surface area contributed by atoms with Gasteiger partial charge in [-0.15, -0.1) is 0 Å². The average Bonchev–Trinajstić information content (AvgIpc) is 1.68. The lowest BCUT2D eigenvalue weighted by Gasteiger charge is -2.10. The molecule has 8 aromatic heterocycles. The molecule has 0 saturated heterocycles. The fourth-order valence-corrected chi connectivity index (χ4v) is 12.7. The highest BCUT2D eigenvalue weighted by atomic mass is 16.5. The Hall–Kier alpha value is -14.6. The van der Waals surface area contributed by atoms with Gasteiger partial charge in [0.1, 0.15) is 39.9 Å². The molecule has 16 N–H and O–H groups in total. The van der Waals surface area contributed by atoms with Crippen molar-refractivity contribution in [2.24, 2.45) is 56.4 Å². The molecule has 41 heteroatoms. The van der Waals surface area contributed by atoms with E-state index in [4.69, 9.17) is 5.21 Å². The van der Waals surface area contributed by atoms with Gasteiger partial charge >= 0.3 is 0 Å². The van der Waals surface area contributed by atoms with E-state index in [0.717, 1.165) is 25.8 Å². The molecule has 9 rings (SSSR count). The van der Waals surface area contributed by atoms with Crippen LogP contribution in [0.3, 0.4) is 0 Å². The summed E-state index contributed by atoms with van der Waals surface area (Å²) in [6.07, 6.45) is 16.3. The topological polar surface area (TPSA) is 512 Å². The van der Waals surface area contributed by atoms with Crippen molar-refractivity contribution in [1.29, 1.82) is 0 Å². The molecule has 0 unspecified atom stereocenters. The van der Waals surface area contributed by atoms with Gasteiger partial charge < -0.3 is 116 Å². The molecule has 15 amide bonds. The number of aromatic nitrogens is 9. The summed E-state index contributed by atoms with van der Waals surface area (Å²) < 4.78 is 12.0. The number of rotatable bonds is 42. The minimum atomic E-state index is -0.666. The van der Waals surface area contributed by atoms with Crippen molar-refractivity contribution in [1.82, 2.24) is 78.5 Å². The number of nitrogens with one attached hydrogen (secondary N) is 15.